The molecule has 5 rings (SSSR count). The second-order valence-corrected chi connectivity index (χ2v) is 10.1. The molecule has 0 spiro atoms. The summed E-state index contributed by atoms with van der Waals surface area (Å²) in [6.07, 6.45) is 4.92. The maximum atomic E-state index is 12.0. The Morgan fingerprint density at radius 1 is 1.16 bits per heavy atom. The highest BCUT2D eigenvalue weighted by Crippen LogP contribution is 2.32. The molecule has 0 aliphatic carbocycles. The highest BCUT2D eigenvalue weighted by molar-refractivity contribution is 6.34. The van der Waals surface area contributed by atoms with Gasteiger partial charge in [-0.15, -0.1) is 0 Å². The lowest BCUT2D eigenvalue weighted by Gasteiger charge is -2.32. The van der Waals surface area contributed by atoms with Crippen LogP contribution in [0.1, 0.15) is 44.2 Å². The molecule has 1 saturated heterocycles. The summed E-state index contributed by atoms with van der Waals surface area (Å²) in [5, 5.41) is 5.92. The van der Waals surface area contributed by atoms with Crippen molar-refractivity contribution in [3.05, 3.63) is 58.3 Å². The maximum Gasteiger partial charge on any atom is 0.309 e. The van der Waals surface area contributed by atoms with E-state index < -0.39 is 0 Å². The molecule has 1 fully saturated rings. The molecule has 0 radical (unpaired) electrons. The first-order valence-corrected chi connectivity index (χ1v) is 13.5. The van der Waals surface area contributed by atoms with Crippen LogP contribution in [0.4, 0.5) is 0 Å². The number of ether oxygens (including phenoxy) is 3. The number of hydrogen-bond donors (Lipinski definition) is 0. The zero-order chi connectivity index (χ0) is 25.8. The normalized spacial score (nSPS) is 16.2. The zero-order valence-corrected chi connectivity index (χ0v) is 22.3. The fourth-order valence-electron chi connectivity index (χ4n) is 5.07. The molecule has 0 unspecified atom stereocenters. The van der Waals surface area contributed by atoms with Gasteiger partial charge in [-0.1, -0.05) is 24.6 Å². The first kappa shape index (κ1) is 25.6. The lowest BCUT2D eigenvalue weighted by atomic mass is 9.96. The summed E-state index contributed by atoms with van der Waals surface area (Å²) >= 11 is 6.37. The van der Waals surface area contributed by atoms with Gasteiger partial charge in [-0.05, 0) is 80.8 Å². The largest absolute Gasteiger partial charge is 0.489 e. The summed E-state index contributed by atoms with van der Waals surface area (Å²) < 4.78 is 19.3. The number of fused-ring (bicyclic) bond motifs is 2. The number of benzene rings is 2. The molecule has 2 aliphatic rings. The van der Waals surface area contributed by atoms with Gasteiger partial charge in [-0.2, -0.15) is 5.10 Å². The van der Waals surface area contributed by atoms with Crippen molar-refractivity contribution in [2.24, 2.45) is 5.92 Å². The average Bonchev–Trinajstić information content (AvgIpc) is 3.22. The van der Waals surface area contributed by atoms with E-state index in [4.69, 9.17) is 25.8 Å². The summed E-state index contributed by atoms with van der Waals surface area (Å²) in [6.45, 7) is 8.93. The third-order valence-electron chi connectivity index (χ3n) is 7.00. The first-order chi connectivity index (χ1) is 18.0. The molecule has 8 heteroatoms. The number of aryl methyl sites for hydroxylation is 1. The van der Waals surface area contributed by atoms with Crippen LogP contribution in [0.3, 0.4) is 0 Å². The molecule has 0 saturated carbocycles. The van der Waals surface area contributed by atoms with Crippen LogP contribution >= 0.6 is 11.6 Å². The van der Waals surface area contributed by atoms with Gasteiger partial charge in [0.25, 0.3) is 0 Å². The fourth-order valence-corrected chi connectivity index (χ4v) is 5.31. The fraction of sp³-hybridized carbons (Fsp3) is 0.448. The number of nitrogens with zero attached hydrogens (tertiary/aromatic N) is 3. The molecule has 2 aliphatic heterocycles. The summed E-state index contributed by atoms with van der Waals surface area (Å²) in [4.78, 5) is 14.4. The SMILES string of the molecule is CCCn1nc(Cl)c2cc(COc3ccc4c(c3)OCC(CN3CCC(C(=O)OCC)CC3)=C4)ccc21. The summed E-state index contributed by atoms with van der Waals surface area (Å²) in [5.74, 6) is 1.58. The van der Waals surface area contributed by atoms with Crippen molar-refractivity contribution in [1.29, 1.82) is 0 Å². The number of piperidine rings is 1. The highest BCUT2D eigenvalue weighted by atomic mass is 35.5. The number of carbonyl (C=O) groups excluding carboxylic acids is 1. The van der Waals surface area contributed by atoms with Gasteiger partial charge in [0.2, 0.25) is 0 Å². The third kappa shape index (κ3) is 5.94. The van der Waals surface area contributed by atoms with E-state index in [1.165, 1.54) is 5.57 Å². The van der Waals surface area contributed by atoms with Gasteiger partial charge in [-0.25, -0.2) is 0 Å². The predicted octanol–water partition coefficient (Wildman–Crippen LogP) is 5.73. The van der Waals surface area contributed by atoms with Crippen molar-refractivity contribution in [2.75, 3.05) is 32.8 Å². The molecule has 2 aromatic carbocycles. The van der Waals surface area contributed by atoms with E-state index in [9.17, 15) is 4.79 Å². The van der Waals surface area contributed by atoms with E-state index in [1.54, 1.807) is 0 Å². The third-order valence-corrected chi connectivity index (χ3v) is 7.28. The second kappa shape index (κ2) is 11.6. The highest BCUT2D eigenvalue weighted by Gasteiger charge is 2.26. The van der Waals surface area contributed by atoms with Gasteiger partial charge in [0, 0.05) is 30.1 Å². The number of rotatable bonds is 9. The Morgan fingerprint density at radius 2 is 2.00 bits per heavy atom. The van der Waals surface area contributed by atoms with Crippen LogP contribution in [0, 0.1) is 5.92 Å². The summed E-state index contributed by atoms with van der Waals surface area (Å²) in [6, 6.07) is 12.2. The van der Waals surface area contributed by atoms with Crippen LogP contribution in [0.2, 0.25) is 5.15 Å². The minimum absolute atomic E-state index is 0.0320. The lowest BCUT2D eigenvalue weighted by molar-refractivity contribution is -0.149. The van der Waals surface area contributed by atoms with Crippen LogP contribution in [-0.4, -0.2) is 53.5 Å². The molecular weight excluding hydrogens is 490 g/mol. The quantitative estimate of drug-likeness (QED) is 0.334. The van der Waals surface area contributed by atoms with Crippen LogP contribution in [-0.2, 0) is 22.7 Å². The molecular formula is C29H34ClN3O4. The predicted molar refractivity (Wildman–Crippen MR) is 145 cm³/mol. The van der Waals surface area contributed by atoms with Crippen molar-refractivity contribution in [1.82, 2.24) is 14.7 Å². The maximum absolute atomic E-state index is 12.0. The first-order valence-electron chi connectivity index (χ1n) is 13.2. The summed E-state index contributed by atoms with van der Waals surface area (Å²) in [7, 11) is 0. The van der Waals surface area contributed by atoms with Crippen molar-refractivity contribution in [2.45, 2.75) is 46.3 Å². The minimum Gasteiger partial charge on any atom is -0.489 e. The van der Waals surface area contributed by atoms with Crippen LogP contribution in [0.15, 0.2) is 42.0 Å². The minimum atomic E-state index is -0.0539. The topological polar surface area (TPSA) is 65.8 Å². The Hall–Kier alpha value is -3.03. The Labute approximate surface area is 222 Å². The molecule has 3 aromatic rings. The van der Waals surface area contributed by atoms with E-state index in [2.05, 4.69) is 41.2 Å². The molecule has 7 nitrogen and oxygen atoms in total. The van der Waals surface area contributed by atoms with Crippen LogP contribution in [0.5, 0.6) is 11.5 Å². The molecule has 0 bridgehead atoms. The molecule has 1 aromatic heterocycles. The molecule has 37 heavy (non-hydrogen) atoms. The van der Waals surface area contributed by atoms with E-state index in [-0.39, 0.29) is 11.9 Å². The molecule has 3 heterocycles. The van der Waals surface area contributed by atoms with Crippen molar-refractivity contribution in [3.63, 3.8) is 0 Å². The second-order valence-electron chi connectivity index (χ2n) is 9.75. The Morgan fingerprint density at radius 3 is 2.78 bits per heavy atom. The van der Waals surface area contributed by atoms with Gasteiger partial charge < -0.3 is 14.2 Å². The Bertz CT molecular complexity index is 1290. The van der Waals surface area contributed by atoms with Gasteiger partial charge in [0.05, 0.1) is 18.0 Å². The molecule has 196 valence electrons. The van der Waals surface area contributed by atoms with Crippen LogP contribution in [0.25, 0.3) is 17.0 Å². The number of halogens is 1. The smallest absolute Gasteiger partial charge is 0.309 e. The van der Waals surface area contributed by atoms with E-state index in [0.717, 1.165) is 79.0 Å². The zero-order valence-electron chi connectivity index (χ0n) is 21.5. The number of aromatic nitrogens is 2. The van der Waals surface area contributed by atoms with Crippen molar-refractivity contribution in [3.8, 4) is 11.5 Å². The van der Waals surface area contributed by atoms with Gasteiger partial charge in [0.1, 0.15) is 24.7 Å². The summed E-state index contributed by atoms with van der Waals surface area (Å²) in [5.41, 5.74) is 4.39. The van der Waals surface area contributed by atoms with Crippen LogP contribution < -0.4 is 9.47 Å². The molecule has 0 N–H and O–H groups in total. The number of carbonyl (C=O) groups is 1. The van der Waals surface area contributed by atoms with Gasteiger partial charge in [0.15, 0.2) is 5.15 Å². The number of likely N-dealkylation sites (tertiary alicyclic amines) is 1. The molecule has 0 amide bonds. The van der Waals surface area contributed by atoms with E-state index in [1.807, 2.05) is 29.8 Å². The van der Waals surface area contributed by atoms with Crippen molar-refractivity contribution < 1.29 is 19.0 Å². The van der Waals surface area contributed by atoms with E-state index >= 15 is 0 Å². The van der Waals surface area contributed by atoms with Crippen molar-refractivity contribution >= 4 is 34.5 Å². The van der Waals surface area contributed by atoms with E-state index in [0.29, 0.717) is 25.0 Å². The standard InChI is InChI=1S/C29H34ClN3O4/c1-3-11-33-26-8-5-20(15-25(26)28(30)31-33)18-36-24-7-6-23-14-21(19-37-27(23)16-24)17-32-12-9-22(10-13-32)29(34)35-4-2/h5-8,14-16,22H,3-4,9-13,17-19H2,1-2H3. The van der Waals surface area contributed by atoms with Gasteiger partial charge >= 0.3 is 5.97 Å². The number of esters is 1. The molecule has 0 atom stereocenters. The monoisotopic (exact) mass is 523 g/mol. The lowest BCUT2D eigenvalue weighted by Crippen LogP contribution is -2.38. The average molecular weight is 524 g/mol. The van der Waals surface area contributed by atoms with Gasteiger partial charge in [-0.3, -0.25) is 14.4 Å². The Balaban J connectivity index is 1.17. The Kier molecular flexibility index (Phi) is 8.01. The number of hydrogen-bond acceptors (Lipinski definition) is 6.